The highest BCUT2D eigenvalue weighted by Gasteiger charge is 2.30. The van der Waals surface area contributed by atoms with Crippen LogP contribution in [0, 0.1) is 26.7 Å². The summed E-state index contributed by atoms with van der Waals surface area (Å²) in [5.41, 5.74) is 2.99. The largest absolute Gasteiger partial charge is 0.422 e. The summed E-state index contributed by atoms with van der Waals surface area (Å²) in [5.74, 6) is 0.410. The van der Waals surface area contributed by atoms with Crippen LogP contribution in [0.1, 0.15) is 39.2 Å². The number of thiophene rings is 1. The Morgan fingerprint density at radius 1 is 1.09 bits per heavy atom. The molecule has 0 spiro atoms. The summed E-state index contributed by atoms with van der Waals surface area (Å²) in [7, 11) is 0. The van der Waals surface area contributed by atoms with Crippen molar-refractivity contribution in [3.05, 3.63) is 45.8 Å². The standard InChI is InChI=1S/C18H19NO3S/c1-10-4-5-11(2)16(12(10)3)22-18(21)14-8-9-15(23-14)19-17(20)13-6-7-13/h4-5,8-9,13H,6-7H2,1-3H3,(H,19,20). The van der Waals surface area contributed by atoms with E-state index in [1.165, 1.54) is 11.3 Å². The maximum atomic E-state index is 12.4. The van der Waals surface area contributed by atoms with E-state index >= 15 is 0 Å². The third kappa shape index (κ3) is 3.45. The number of hydrogen-bond donors (Lipinski definition) is 1. The molecule has 120 valence electrons. The predicted molar refractivity (Wildman–Crippen MR) is 91.3 cm³/mol. The van der Waals surface area contributed by atoms with Gasteiger partial charge in [-0.15, -0.1) is 11.3 Å². The number of benzene rings is 1. The first kappa shape index (κ1) is 15.7. The van der Waals surface area contributed by atoms with Gasteiger partial charge in [-0.1, -0.05) is 12.1 Å². The predicted octanol–water partition coefficient (Wildman–Crippen LogP) is 4.24. The minimum absolute atomic E-state index is 0.0390. The molecule has 1 amide bonds. The Morgan fingerprint density at radius 3 is 2.48 bits per heavy atom. The van der Waals surface area contributed by atoms with Crippen LogP contribution in [0.2, 0.25) is 0 Å². The first-order chi connectivity index (χ1) is 11.0. The number of anilines is 1. The zero-order valence-electron chi connectivity index (χ0n) is 13.4. The van der Waals surface area contributed by atoms with Crippen LogP contribution in [0.3, 0.4) is 0 Å². The molecule has 1 fully saturated rings. The van der Waals surface area contributed by atoms with Gasteiger partial charge >= 0.3 is 5.97 Å². The number of hydrogen-bond acceptors (Lipinski definition) is 4. The molecule has 5 heteroatoms. The average Bonchev–Trinajstić information content (AvgIpc) is 3.28. The van der Waals surface area contributed by atoms with E-state index in [0.717, 1.165) is 29.5 Å². The molecule has 2 aromatic rings. The van der Waals surface area contributed by atoms with E-state index in [-0.39, 0.29) is 11.8 Å². The SMILES string of the molecule is Cc1ccc(C)c(OC(=O)c2ccc(NC(=O)C3CC3)s2)c1C. The van der Waals surface area contributed by atoms with E-state index in [4.69, 9.17) is 4.74 Å². The number of aryl methyl sites for hydroxylation is 2. The number of amides is 1. The molecule has 3 rings (SSSR count). The van der Waals surface area contributed by atoms with E-state index in [1.54, 1.807) is 12.1 Å². The smallest absolute Gasteiger partial charge is 0.353 e. The molecule has 0 unspecified atom stereocenters. The Morgan fingerprint density at radius 2 is 1.78 bits per heavy atom. The zero-order chi connectivity index (χ0) is 16.6. The first-order valence-electron chi connectivity index (χ1n) is 7.65. The van der Waals surface area contributed by atoms with Crippen molar-refractivity contribution in [3.8, 4) is 5.75 Å². The maximum Gasteiger partial charge on any atom is 0.353 e. The van der Waals surface area contributed by atoms with Crippen molar-refractivity contribution in [3.63, 3.8) is 0 Å². The molecule has 1 saturated carbocycles. The van der Waals surface area contributed by atoms with Gasteiger partial charge in [0.25, 0.3) is 0 Å². The molecule has 0 saturated heterocycles. The minimum atomic E-state index is -0.390. The van der Waals surface area contributed by atoms with Gasteiger partial charge in [-0.05, 0) is 62.4 Å². The van der Waals surface area contributed by atoms with Gasteiger partial charge in [-0.2, -0.15) is 0 Å². The molecule has 4 nitrogen and oxygen atoms in total. The van der Waals surface area contributed by atoms with Crippen molar-refractivity contribution in [1.82, 2.24) is 0 Å². The highest BCUT2D eigenvalue weighted by atomic mass is 32.1. The molecule has 0 atom stereocenters. The lowest BCUT2D eigenvalue weighted by Crippen LogP contribution is -2.12. The highest BCUT2D eigenvalue weighted by molar-refractivity contribution is 7.18. The number of nitrogens with one attached hydrogen (secondary N) is 1. The third-order valence-electron chi connectivity index (χ3n) is 4.07. The molecule has 1 N–H and O–H groups in total. The van der Waals surface area contributed by atoms with Crippen molar-refractivity contribution in [1.29, 1.82) is 0 Å². The molecule has 0 aliphatic heterocycles. The summed E-state index contributed by atoms with van der Waals surface area (Å²) in [6, 6.07) is 7.40. The quantitative estimate of drug-likeness (QED) is 0.674. The average molecular weight is 329 g/mol. The Kier molecular flexibility index (Phi) is 4.22. The Labute approximate surface area is 139 Å². The van der Waals surface area contributed by atoms with Crippen LogP contribution >= 0.6 is 11.3 Å². The van der Waals surface area contributed by atoms with Crippen LogP contribution < -0.4 is 10.1 Å². The summed E-state index contributed by atoms with van der Waals surface area (Å²) < 4.78 is 5.58. The van der Waals surface area contributed by atoms with E-state index in [0.29, 0.717) is 15.6 Å². The normalized spacial score (nSPS) is 13.7. The molecule has 1 heterocycles. The van der Waals surface area contributed by atoms with Gasteiger partial charge < -0.3 is 10.1 Å². The summed E-state index contributed by atoms with van der Waals surface area (Å²) in [6.07, 6.45) is 1.91. The molecular formula is C18H19NO3S. The Bertz CT molecular complexity index is 775. The Balaban J connectivity index is 1.72. The second-order valence-corrected chi connectivity index (χ2v) is 7.05. The molecule has 0 radical (unpaired) electrons. The fourth-order valence-corrected chi connectivity index (χ4v) is 3.10. The molecule has 1 aromatic carbocycles. The molecule has 1 aliphatic carbocycles. The second kappa shape index (κ2) is 6.16. The number of ether oxygens (including phenoxy) is 1. The zero-order valence-corrected chi connectivity index (χ0v) is 14.3. The monoisotopic (exact) mass is 329 g/mol. The van der Waals surface area contributed by atoms with Gasteiger partial charge in [0, 0.05) is 5.92 Å². The van der Waals surface area contributed by atoms with Crippen LogP contribution in [0.15, 0.2) is 24.3 Å². The topological polar surface area (TPSA) is 55.4 Å². The summed E-state index contributed by atoms with van der Waals surface area (Å²) >= 11 is 1.24. The van der Waals surface area contributed by atoms with E-state index in [9.17, 15) is 9.59 Å². The van der Waals surface area contributed by atoms with Gasteiger partial charge in [-0.3, -0.25) is 4.79 Å². The summed E-state index contributed by atoms with van der Waals surface area (Å²) in [6.45, 7) is 5.86. The van der Waals surface area contributed by atoms with Gasteiger partial charge in [0.05, 0.1) is 5.00 Å². The van der Waals surface area contributed by atoms with Crippen LogP contribution in [0.5, 0.6) is 5.75 Å². The number of rotatable bonds is 4. The number of carbonyl (C=O) groups excluding carboxylic acids is 2. The molecule has 0 bridgehead atoms. The van der Waals surface area contributed by atoms with Crippen molar-refractivity contribution in [2.45, 2.75) is 33.6 Å². The van der Waals surface area contributed by atoms with Crippen molar-refractivity contribution in [2.75, 3.05) is 5.32 Å². The van der Waals surface area contributed by atoms with E-state index < -0.39 is 5.97 Å². The highest BCUT2D eigenvalue weighted by Crippen LogP contribution is 2.32. The molecule has 23 heavy (non-hydrogen) atoms. The summed E-state index contributed by atoms with van der Waals surface area (Å²) in [5, 5.41) is 3.53. The van der Waals surface area contributed by atoms with Crippen LogP contribution in [0.4, 0.5) is 5.00 Å². The maximum absolute atomic E-state index is 12.4. The number of carbonyl (C=O) groups is 2. The molecule has 1 aromatic heterocycles. The van der Waals surface area contributed by atoms with Crippen molar-refractivity contribution >= 4 is 28.2 Å². The van der Waals surface area contributed by atoms with Crippen LogP contribution in [-0.2, 0) is 4.79 Å². The lowest BCUT2D eigenvalue weighted by Gasteiger charge is -2.11. The fraction of sp³-hybridized carbons (Fsp3) is 0.333. The van der Waals surface area contributed by atoms with Gasteiger partial charge in [-0.25, -0.2) is 4.79 Å². The lowest BCUT2D eigenvalue weighted by atomic mass is 10.1. The van der Waals surface area contributed by atoms with Crippen LogP contribution in [-0.4, -0.2) is 11.9 Å². The fourth-order valence-electron chi connectivity index (χ4n) is 2.31. The second-order valence-electron chi connectivity index (χ2n) is 5.97. The van der Waals surface area contributed by atoms with Gasteiger partial charge in [0.15, 0.2) is 0 Å². The van der Waals surface area contributed by atoms with Gasteiger partial charge in [0.2, 0.25) is 5.91 Å². The van der Waals surface area contributed by atoms with Gasteiger partial charge in [0.1, 0.15) is 10.6 Å². The van der Waals surface area contributed by atoms with Crippen molar-refractivity contribution < 1.29 is 14.3 Å². The Hall–Kier alpha value is -2.14. The summed E-state index contributed by atoms with van der Waals surface area (Å²) in [4.78, 5) is 24.6. The first-order valence-corrected chi connectivity index (χ1v) is 8.47. The van der Waals surface area contributed by atoms with Crippen LogP contribution in [0.25, 0.3) is 0 Å². The molecular weight excluding hydrogens is 310 g/mol. The third-order valence-corrected chi connectivity index (χ3v) is 5.05. The minimum Gasteiger partial charge on any atom is -0.422 e. The lowest BCUT2D eigenvalue weighted by molar-refractivity contribution is -0.117. The van der Waals surface area contributed by atoms with E-state index in [1.807, 2.05) is 32.9 Å². The molecule has 1 aliphatic rings. The van der Waals surface area contributed by atoms with Crippen molar-refractivity contribution in [2.24, 2.45) is 5.92 Å². The van der Waals surface area contributed by atoms with E-state index in [2.05, 4.69) is 5.32 Å². The number of esters is 1.